The number of hydrogen-bond acceptors (Lipinski definition) is 7. The number of aromatic nitrogens is 6. The Kier molecular flexibility index (Phi) is 6.52. The van der Waals surface area contributed by atoms with Gasteiger partial charge in [0.05, 0.1) is 30.4 Å². The van der Waals surface area contributed by atoms with Crippen molar-refractivity contribution in [3.8, 4) is 45.3 Å². The number of hydrogen-bond donors (Lipinski definition) is 2. The standard InChI is InChI=1S/C31H28FN7O2/c1-40-23-11-19(10-22(32)14-23)29-25-15-28(36-27(25)4-5-34-29)30-26-13-21(17-35-31(26)38-37-30)20-12-24(18-33-16-20)41-9-8-39-6-2-3-7-39/h4-5,10-18,36H,2-3,6-9H2,1H3,(H,35,37,38). The fraction of sp³-hybridized carbons (Fsp3) is 0.226. The number of nitrogens with zero attached hydrogens (tertiary/aromatic N) is 5. The molecule has 9 nitrogen and oxygen atoms in total. The Morgan fingerprint density at radius 3 is 2.63 bits per heavy atom. The molecular weight excluding hydrogens is 521 g/mol. The maximum absolute atomic E-state index is 14.3. The highest BCUT2D eigenvalue weighted by Crippen LogP contribution is 2.35. The molecule has 2 N–H and O–H groups in total. The minimum Gasteiger partial charge on any atom is -0.497 e. The monoisotopic (exact) mass is 549 g/mol. The molecular formula is C31H28FN7O2. The van der Waals surface area contributed by atoms with Crippen molar-refractivity contribution in [2.75, 3.05) is 33.4 Å². The Morgan fingerprint density at radius 2 is 1.76 bits per heavy atom. The normalized spacial score (nSPS) is 13.8. The van der Waals surface area contributed by atoms with Crippen molar-refractivity contribution in [2.45, 2.75) is 12.8 Å². The van der Waals surface area contributed by atoms with E-state index in [2.05, 4.69) is 35.0 Å². The molecule has 0 spiro atoms. The first-order valence-corrected chi connectivity index (χ1v) is 13.6. The van der Waals surface area contributed by atoms with Crippen LogP contribution in [0, 0.1) is 5.82 Å². The summed E-state index contributed by atoms with van der Waals surface area (Å²) in [5, 5.41) is 9.27. The third-order valence-corrected chi connectivity index (χ3v) is 7.53. The number of nitrogens with one attached hydrogen (secondary N) is 2. The summed E-state index contributed by atoms with van der Waals surface area (Å²) in [6, 6.07) is 12.5. The molecule has 0 unspecified atom stereocenters. The summed E-state index contributed by atoms with van der Waals surface area (Å²) < 4.78 is 25.6. The Labute approximate surface area is 235 Å². The van der Waals surface area contributed by atoms with Crippen LogP contribution >= 0.6 is 0 Å². The lowest BCUT2D eigenvalue weighted by Crippen LogP contribution is -2.25. The van der Waals surface area contributed by atoms with Crippen LogP contribution in [-0.2, 0) is 0 Å². The number of rotatable bonds is 8. The molecule has 1 fully saturated rings. The summed E-state index contributed by atoms with van der Waals surface area (Å²) in [4.78, 5) is 19.4. The van der Waals surface area contributed by atoms with Gasteiger partial charge in [-0.05, 0) is 62.3 Å². The Morgan fingerprint density at radius 1 is 0.902 bits per heavy atom. The fourth-order valence-corrected chi connectivity index (χ4v) is 5.45. The van der Waals surface area contributed by atoms with Gasteiger partial charge in [0.2, 0.25) is 0 Å². The molecule has 1 saturated heterocycles. The summed E-state index contributed by atoms with van der Waals surface area (Å²) >= 11 is 0. The number of ether oxygens (including phenoxy) is 2. The molecule has 0 bridgehead atoms. The zero-order valence-corrected chi connectivity index (χ0v) is 22.5. The van der Waals surface area contributed by atoms with Crippen molar-refractivity contribution < 1.29 is 13.9 Å². The van der Waals surface area contributed by atoms with E-state index in [1.807, 2.05) is 30.5 Å². The topological polar surface area (TPSA) is 105 Å². The largest absolute Gasteiger partial charge is 0.497 e. The van der Waals surface area contributed by atoms with E-state index in [0.29, 0.717) is 29.3 Å². The van der Waals surface area contributed by atoms with Gasteiger partial charge in [0.15, 0.2) is 5.65 Å². The predicted octanol–water partition coefficient (Wildman–Crippen LogP) is 5.85. The molecule has 0 atom stereocenters. The van der Waals surface area contributed by atoms with Crippen molar-refractivity contribution in [1.29, 1.82) is 0 Å². The van der Waals surface area contributed by atoms with Gasteiger partial charge in [0.1, 0.15) is 23.9 Å². The van der Waals surface area contributed by atoms with E-state index in [0.717, 1.165) is 64.2 Å². The molecule has 5 aromatic heterocycles. The second-order valence-corrected chi connectivity index (χ2v) is 10.2. The van der Waals surface area contributed by atoms with Crippen molar-refractivity contribution in [3.63, 3.8) is 0 Å². The van der Waals surface area contributed by atoms with Crippen LogP contribution in [0.2, 0.25) is 0 Å². The second kappa shape index (κ2) is 10.6. The van der Waals surface area contributed by atoms with Crippen LogP contribution in [0.15, 0.2) is 67.3 Å². The highest BCUT2D eigenvalue weighted by atomic mass is 19.1. The first kappa shape index (κ1) is 25.2. The first-order chi connectivity index (χ1) is 20.1. The van der Waals surface area contributed by atoms with Crippen LogP contribution < -0.4 is 9.47 Å². The Balaban J connectivity index is 1.21. The lowest BCUT2D eigenvalue weighted by Gasteiger charge is -2.15. The van der Waals surface area contributed by atoms with Crippen LogP contribution in [0.4, 0.5) is 4.39 Å². The van der Waals surface area contributed by atoms with Gasteiger partial charge < -0.3 is 14.5 Å². The lowest BCUT2D eigenvalue weighted by atomic mass is 10.1. The second-order valence-electron chi connectivity index (χ2n) is 10.2. The summed E-state index contributed by atoms with van der Waals surface area (Å²) in [7, 11) is 1.52. The maximum Gasteiger partial charge on any atom is 0.181 e. The van der Waals surface area contributed by atoms with E-state index < -0.39 is 0 Å². The van der Waals surface area contributed by atoms with Crippen LogP contribution in [0.3, 0.4) is 0 Å². The van der Waals surface area contributed by atoms with Crippen molar-refractivity contribution in [3.05, 3.63) is 73.1 Å². The smallest absolute Gasteiger partial charge is 0.181 e. The van der Waals surface area contributed by atoms with Crippen molar-refractivity contribution >= 4 is 21.9 Å². The van der Waals surface area contributed by atoms with E-state index in [4.69, 9.17) is 9.47 Å². The number of likely N-dealkylation sites (tertiary alicyclic amines) is 1. The number of H-pyrrole nitrogens is 2. The van der Waals surface area contributed by atoms with Crippen LogP contribution in [0.5, 0.6) is 11.5 Å². The zero-order valence-electron chi connectivity index (χ0n) is 22.5. The molecule has 0 aliphatic carbocycles. The molecule has 6 heterocycles. The molecule has 206 valence electrons. The van der Waals surface area contributed by atoms with Gasteiger partial charge in [-0.2, -0.15) is 5.10 Å². The van der Waals surface area contributed by atoms with Gasteiger partial charge in [-0.15, -0.1) is 0 Å². The number of fused-ring (bicyclic) bond motifs is 2. The summed E-state index contributed by atoms with van der Waals surface area (Å²) in [6.45, 7) is 3.85. The Bertz CT molecular complexity index is 1860. The van der Waals surface area contributed by atoms with E-state index in [9.17, 15) is 4.39 Å². The lowest BCUT2D eigenvalue weighted by molar-refractivity contribution is 0.237. The zero-order chi connectivity index (χ0) is 27.8. The molecule has 6 aromatic rings. The number of aromatic amines is 2. The molecule has 0 saturated carbocycles. The van der Waals surface area contributed by atoms with Gasteiger partial charge in [-0.3, -0.25) is 20.0 Å². The number of pyridine rings is 3. The van der Waals surface area contributed by atoms with E-state index in [1.54, 1.807) is 24.7 Å². The van der Waals surface area contributed by atoms with Gasteiger partial charge in [0, 0.05) is 64.2 Å². The average molecular weight is 550 g/mol. The highest BCUT2D eigenvalue weighted by Gasteiger charge is 2.17. The summed E-state index contributed by atoms with van der Waals surface area (Å²) in [5.74, 6) is 0.782. The molecule has 0 amide bonds. The SMILES string of the molecule is COc1cc(F)cc(-c2nccc3[nH]c(-c4[nH]nc5ncc(-c6cncc(OCCN7CCCC7)c6)cc45)cc23)c1. The molecule has 7 rings (SSSR count). The van der Waals surface area contributed by atoms with Crippen molar-refractivity contribution in [2.24, 2.45) is 0 Å². The van der Waals surface area contributed by atoms with Crippen LogP contribution in [0.1, 0.15) is 12.8 Å². The highest BCUT2D eigenvalue weighted by molar-refractivity contribution is 6.00. The predicted molar refractivity (Wildman–Crippen MR) is 155 cm³/mol. The van der Waals surface area contributed by atoms with Gasteiger partial charge in [0.25, 0.3) is 0 Å². The molecule has 10 heteroatoms. The van der Waals surface area contributed by atoms with Gasteiger partial charge >= 0.3 is 0 Å². The average Bonchev–Trinajstić information content (AvgIpc) is 3.76. The van der Waals surface area contributed by atoms with E-state index in [-0.39, 0.29) is 5.82 Å². The van der Waals surface area contributed by atoms with Gasteiger partial charge in [-0.25, -0.2) is 9.37 Å². The fourth-order valence-electron chi connectivity index (χ4n) is 5.45. The molecule has 1 aliphatic rings. The van der Waals surface area contributed by atoms with Crippen LogP contribution in [0.25, 0.3) is 55.7 Å². The Hall–Kier alpha value is -4.83. The minimum absolute atomic E-state index is 0.386. The quantitative estimate of drug-likeness (QED) is 0.245. The number of benzene rings is 1. The molecule has 41 heavy (non-hydrogen) atoms. The third kappa shape index (κ3) is 4.98. The third-order valence-electron chi connectivity index (χ3n) is 7.53. The first-order valence-electron chi connectivity index (χ1n) is 13.6. The van der Waals surface area contributed by atoms with E-state index in [1.165, 1.54) is 32.1 Å². The van der Waals surface area contributed by atoms with Crippen LogP contribution in [-0.4, -0.2) is 68.4 Å². The number of halogens is 1. The minimum atomic E-state index is -0.386. The molecule has 0 radical (unpaired) electrons. The van der Waals surface area contributed by atoms with Crippen molar-refractivity contribution in [1.82, 2.24) is 35.0 Å². The van der Waals surface area contributed by atoms with E-state index >= 15 is 0 Å². The molecule has 1 aromatic carbocycles. The van der Waals surface area contributed by atoms with Gasteiger partial charge in [-0.1, -0.05) is 0 Å². The maximum atomic E-state index is 14.3. The molecule has 1 aliphatic heterocycles. The summed E-state index contributed by atoms with van der Waals surface area (Å²) in [5.41, 5.74) is 6.17. The number of methoxy groups -OCH3 is 1. The summed E-state index contributed by atoms with van der Waals surface area (Å²) in [6.07, 6.45) is 9.58.